The molecule has 2 amide bonds. The molecular formula is C15H22N6O5. The number of carbonyl (C=O) groups excluding carboxylic acids is 2. The molecule has 11 nitrogen and oxygen atoms in total. The summed E-state index contributed by atoms with van der Waals surface area (Å²) in [5.41, 5.74) is 3.69. The number of ether oxygens (including phenoxy) is 1. The highest BCUT2D eigenvalue weighted by molar-refractivity contribution is 5.97. The molecule has 11 heteroatoms. The second-order valence-electron chi connectivity index (χ2n) is 6.87. The Morgan fingerprint density at radius 1 is 1.54 bits per heavy atom. The predicted molar refractivity (Wildman–Crippen MR) is 92.9 cm³/mol. The summed E-state index contributed by atoms with van der Waals surface area (Å²) in [5.74, 6) is -0.990. The zero-order valence-corrected chi connectivity index (χ0v) is 14.9. The summed E-state index contributed by atoms with van der Waals surface area (Å²) >= 11 is 0. The Labute approximate surface area is 149 Å². The molecule has 3 N–H and O–H groups in total. The van der Waals surface area contributed by atoms with Gasteiger partial charge in [0.25, 0.3) is 5.91 Å². The van der Waals surface area contributed by atoms with Crippen molar-refractivity contribution in [3.05, 3.63) is 28.5 Å². The van der Waals surface area contributed by atoms with Crippen molar-refractivity contribution in [3.8, 4) is 0 Å². The number of H-pyrrole nitrogens is 1. The largest absolute Gasteiger partial charge is 0.444 e. The Morgan fingerprint density at radius 2 is 2.15 bits per heavy atom. The second kappa shape index (κ2) is 7.02. The Hall–Kier alpha value is -3.11. The van der Waals surface area contributed by atoms with E-state index in [1.54, 1.807) is 31.7 Å². The average Bonchev–Trinajstić information content (AvgIpc) is 2.87. The molecule has 0 unspecified atom stereocenters. The molecule has 2 rings (SSSR count). The summed E-state index contributed by atoms with van der Waals surface area (Å²) in [7, 11) is 0. The molecule has 1 aliphatic heterocycles. The van der Waals surface area contributed by atoms with Crippen LogP contribution < -0.4 is 10.6 Å². The van der Waals surface area contributed by atoms with E-state index in [2.05, 4.69) is 16.8 Å². The van der Waals surface area contributed by atoms with E-state index in [1.165, 1.54) is 4.90 Å². The number of hydrogen-bond acceptors (Lipinski definition) is 7. The maximum Gasteiger partial charge on any atom is 0.410 e. The van der Waals surface area contributed by atoms with E-state index < -0.39 is 28.2 Å². The quantitative estimate of drug-likeness (QED) is 0.434. The van der Waals surface area contributed by atoms with Gasteiger partial charge in [-0.25, -0.2) is 4.79 Å². The first-order chi connectivity index (χ1) is 12.0. The number of likely N-dealkylation sites (tertiary alicyclic amines) is 1. The molecule has 1 saturated heterocycles. The number of aromatic nitrogens is 2. The monoisotopic (exact) mass is 366 g/mol. The highest BCUT2D eigenvalue weighted by atomic mass is 16.6. The second-order valence-corrected chi connectivity index (χ2v) is 6.87. The fourth-order valence-electron chi connectivity index (χ4n) is 2.55. The smallest absolute Gasteiger partial charge is 0.410 e. The van der Waals surface area contributed by atoms with Crippen LogP contribution in [-0.4, -0.2) is 63.3 Å². The number of hydrogen-bond donors (Lipinski definition) is 2. The minimum absolute atomic E-state index is 0.0162. The zero-order chi connectivity index (χ0) is 19.6. The van der Waals surface area contributed by atoms with Crippen molar-refractivity contribution in [2.75, 3.05) is 24.5 Å². The maximum absolute atomic E-state index is 12.0. The number of carbonyl (C=O) groups is 2. The van der Waals surface area contributed by atoms with Crippen LogP contribution in [0.3, 0.4) is 0 Å². The minimum Gasteiger partial charge on any atom is -0.444 e. The SMILES string of the molecule is C=CCN(c1n[nH]c(C(N)=O)c1[N+](=O)[O-])C1CN(C(=O)OC(C)(C)C)C1. The Morgan fingerprint density at radius 3 is 2.62 bits per heavy atom. The number of nitrogens with zero attached hydrogens (tertiary/aromatic N) is 4. The molecular weight excluding hydrogens is 344 g/mol. The zero-order valence-electron chi connectivity index (χ0n) is 14.9. The lowest BCUT2D eigenvalue weighted by Gasteiger charge is -2.44. The fraction of sp³-hybridized carbons (Fsp3) is 0.533. The minimum atomic E-state index is -0.974. The molecule has 1 aliphatic rings. The number of primary amides is 1. The number of aromatic amines is 1. The van der Waals surface area contributed by atoms with Crippen molar-refractivity contribution in [2.45, 2.75) is 32.4 Å². The summed E-state index contributed by atoms with van der Waals surface area (Å²) < 4.78 is 5.29. The van der Waals surface area contributed by atoms with Gasteiger partial charge in [0.2, 0.25) is 11.5 Å². The molecule has 0 aromatic carbocycles. The summed E-state index contributed by atoms with van der Waals surface area (Å²) in [6, 6.07) is -0.233. The van der Waals surface area contributed by atoms with Crippen LogP contribution in [0, 0.1) is 10.1 Å². The van der Waals surface area contributed by atoms with Crippen LogP contribution in [-0.2, 0) is 4.74 Å². The highest BCUT2D eigenvalue weighted by Gasteiger charge is 2.41. The fourth-order valence-corrected chi connectivity index (χ4v) is 2.55. The Kier molecular flexibility index (Phi) is 5.19. The van der Waals surface area contributed by atoms with E-state index >= 15 is 0 Å². The first-order valence-electron chi connectivity index (χ1n) is 7.93. The van der Waals surface area contributed by atoms with E-state index in [0.717, 1.165) is 0 Å². The van der Waals surface area contributed by atoms with E-state index in [9.17, 15) is 19.7 Å². The van der Waals surface area contributed by atoms with Crippen LogP contribution in [0.1, 0.15) is 31.3 Å². The number of nitro groups is 1. The maximum atomic E-state index is 12.0. The number of amides is 2. The summed E-state index contributed by atoms with van der Waals surface area (Å²) in [5, 5.41) is 17.6. The molecule has 0 aliphatic carbocycles. The van der Waals surface area contributed by atoms with Crippen LogP contribution in [0.2, 0.25) is 0 Å². The van der Waals surface area contributed by atoms with Gasteiger partial charge in [-0.2, -0.15) is 0 Å². The number of anilines is 1. The van der Waals surface area contributed by atoms with Crippen molar-refractivity contribution in [1.29, 1.82) is 0 Å². The summed E-state index contributed by atoms with van der Waals surface area (Å²) in [6.45, 7) is 9.80. The van der Waals surface area contributed by atoms with Gasteiger partial charge in [-0.3, -0.25) is 20.0 Å². The molecule has 2 heterocycles. The van der Waals surface area contributed by atoms with Crippen LogP contribution in [0.15, 0.2) is 12.7 Å². The molecule has 0 atom stereocenters. The number of nitrogens with two attached hydrogens (primary N) is 1. The lowest BCUT2D eigenvalue weighted by atomic mass is 10.1. The van der Waals surface area contributed by atoms with Gasteiger partial charge in [0, 0.05) is 19.6 Å². The lowest BCUT2D eigenvalue weighted by molar-refractivity contribution is -0.384. The van der Waals surface area contributed by atoms with Crippen LogP contribution >= 0.6 is 0 Å². The van der Waals surface area contributed by atoms with Gasteiger partial charge in [-0.1, -0.05) is 6.08 Å². The van der Waals surface area contributed by atoms with E-state index in [4.69, 9.17) is 10.5 Å². The lowest BCUT2D eigenvalue weighted by Crippen LogP contribution is -2.62. The normalized spacial score (nSPS) is 14.5. The topological polar surface area (TPSA) is 148 Å². The highest BCUT2D eigenvalue weighted by Crippen LogP contribution is 2.32. The first kappa shape index (κ1) is 19.2. The third-order valence-corrected chi connectivity index (χ3v) is 3.70. The summed E-state index contributed by atoms with van der Waals surface area (Å²) in [4.78, 5) is 37.2. The molecule has 0 saturated carbocycles. The third kappa shape index (κ3) is 3.92. The number of rotatable bonds is 6. The number of nitrogens with one attached hydrogen (secondary N) is 1. The Balaban J connectivity index is 2.19. The molecule has 142 valence electrons. The molecule has 1 aromatic heterocycles. The van der Waals surface area contributed by atoms with Crippen molar-refractivity contribution in [2.24, 2.45) is 5.73 Å². The van der Waals surface area contributed by atoms with Crippen LogP contribution in [0.5, 0.6) is 0 Å². The molecule has 26 heavy (non-hydrogen) atoms. The van der Waals surface area contributed by atoms with Gasteiger partial charge in [0.05, 0.1) is 11.0 Å². The van der Waals surface area contributed by atoms with Gasteiger partial charge in [0.1, 0.15) is 5.60 Å². The van der Waals surface area contributed by atoms with E-state index in [0.29, 0.717) is 13.1 Å². The molecule has 1 aromatic rings. The summed E-state index contributed by atoms with van der Waals surface area (Å²) in [6.07, 6.45) is 1.10. The van der Waals surface area contributed by atoms with Crippen molar-refractivity contribution in [3.63, 3.8) is 0 Å². The van der Waals surface area contributed by atoms with Gasteiger partial charge >= 0.3 is 11.8 Å². The van der Waals surface area contributed by atoms with E-state index in [1.807, 2.05) is 0 Å². The first-order valence-corrected chi connectivity index (χ1v) is 7.93. The van der Waals surface area contributed by atoms with E-state index in [-0.39, 0.29) is 24.1 Å². The van der Waals surface area contributed by atoms with Gasteiger partial charge in [-0.05, 0) is 20.8 Å². The molecule has 0 bridgehead atoms. The van der Waals surface area contributed by atoms with Crippen molar-refractivity contribution >= 4 is 23.5 Å². The molecule has 0 radical (unpaired) electrons. The van der Waals surface area contributed by atoms with Gasteiger partial charge in [-0.15, -0.1) is 11.7 Å². The van der Waals surface area contributed by atoms with Crippen molar-refractivity contribution in [1.82, 2.24) is 15.1 Å². The average molecular weight is 366 g/mol. The van der Waals surface area contributed by atoms with Gasteiger partial charge < -0.3 is 20.3 Å². The molecule has 0 spiro atoms. The standard InChI is InChI=1S/C15H22N6O5/c1-5-6-20(9-7-19(8-9)14(23)26-15(2,3)4)13-11(21(24)25)10(12(16)22)17-18-13/h5,9H,1,6-8H2,2-4H3,(H2,16,22)(H,17,18). The molecule has 1 fully saturated rings. The third-order valence-electron chi connectivity index (χ3n) is 3.70. The van der Waals surface area contributed by atoms with Crippen molar-refractivity contribution < 1.29 is 19.2 Å². The van der Waals surface area contributed by atoms with Gasteiger partial charge in [0.15, 0.2) is 0 Å². The van der Waals surface area contributed by atoms with Crippen LogP contribution in [0.25, 0.3) is 0 Å². The predicted octanol–water partition coefficient (Wildman–Crippen LogP) is 1.03. The Bertz CT molecular complexity index is 731. The van der Waals surface area contributed by atoms with Crippen LogP contribution in [0.4, 0.5) is 16.3 Å².